The van der Waals surface area contributed by atoms with E-state index in [1.807, 2.05) is 6.07 Å². The average Bonchev–Trinajstić information content (AvgIpc) is 3.05. The molecule has 2 aliphatic carbocycles. The number of hydrogen-bond acceptors (Lipinski definition) is 2. The van der Waals surface area contributed by atoms with Gasteiger partial charge in [0.25, 0.3) is 0 Å². The second-order valence-electron chi connectivity index (χ2n) is 5.80. The van der Waals surface area contributed by atoms with Crippen LogP contribution in [0, 0.1) is 11.8 Å². The standard InChI is InChI=1S/C15H17Cl2N3S/c16-12-4-2-10(6-13(12)17)8-18-20-15(21)19-14-7-9-1-3-11(14)5-9/h2,4,6,8-9,11,14H,1,3,5,7H2,(H2,19,20,21)/b18-8-/t9-,11+,14+/m0/s1. The van der Waals surface area contributed by atoms with Crippen LogP contribution in [0.25, 0.3) is 0 Å². The lowest BCUT2D eigenvalue weighted by molar-refractivity contribution is 0.389. The van der Waals surface area contributed by atoms with Crippen LogP contribution in [0.4, 0.5) is 0 Å². The van der Waals surface area contributed by atoms with Gasteiger partial charge in [0.05, 0.1) is 16.3 Å². The normalized spacial score (nSPS) is 27.2. The zero-order valence-electron chi connectivity index (χ0n) is 11.5. The Hall–Kier alpha value is -0.840. The minimum absolute atomic E-state index is 0.517. The zero-order chi connectivity index (χ0) is 14.8. The van der Waals surface area contributed by atoms with E-state index in [9.17, 15) is 0 Å². The van der Waals surface area contributed by atoms with Gasteiger partial charge in [-0.05, 0) is 61.0 Å². The lowest BCUT2D eigenvalue weighted by Crippen LogP contribution is -2.42. The summed E-state index contributed by atoms with van der Waals surface area (Å²) in [4.78, 5) is 0. The Labute approximate surface area is 140 Å². The van der Waals surface area contributed by atoms with Gasteiger partial charge in [-0.1, -0.05) is 35.7 Å². The average molecular weight is 342 g/mol. The Morgan fingerprint density at radius 3 is 2.76 bits per heavy atom. The molecule has 0 saturated heterocycles. The van der Waals surface area contributed by atoms with Gasteiger partial charge in [-0.2, -0.15) is 5.10 Å². The van der Waals surface area contributed by atoms with Crippen molar-refractivity contribution >= 4 is 46.7 Å². The summed E-state index contributed by atoms with van der Waals surface area (Å²) in [5.74, 6) is 1.68. The first-order valence-corrected chi connectivity index (χ1v) is 8.33. The second kappa shape index (κ2) is 6.51. The lowest BCUT2D eigenvalue weighted by Gasteiger charge is -2.23. The first-order valence-electron chi connectivity index (χ1n) is 7.16. The van der Waals surface area contributed by atoms with Gasteiger partial charge in [0.15, 0.2) is 5.11 Å². The van der Waals surface area contributed by atoms with Crippen LogP contribution >= 0.6 is 35.4 Å². The SMILES string of the molecule is S=C(N/N=C\c1ccc(Cl)c(Cl)c1)N[C@@H]1C[C@H]2CC[C@@H]1C2. The predicted molar refractivity (Wildman–Crippen MR) is 92.2 cm³/mol. The van der Waals surface area contributed by atoms with Crippen molar-refractivity contribution in [3.8, 4) is 0 Å². The van der Waals surface area contributed by atoms with Crippen LogP contribution in [0.5, 0.6) is 0 Å². The molecule has 1 aromatic carbocycles. The number of nitrogens with one attached hydrogen (secondary N) is 2. The van der Waals surface area contributed by atoms with Crippen LogP contribution in [0.3, 0.4) is 0 Å². The molecule has 1 aromatic rings. The summed E-state index contributed by atoms with van der Waals surface area (Å²) < 4.78 is 0. The molecule has 3 rings (SSSR count). The van der Waals surface area contributed by atoms with Gasteiger partial charge >= 0.3 is 0 Å². The van der Waals surface area contributed by atoms with E-state index in [0.29, 0.717) is 21.2 Å². The molecule has 2 fully saturated rings. The summed E-state index contributed by atoms with van der Waals surface area (Å²) in [6, 6.07) is 5.88. The summed E-state index contributed by atoms with van der Waals surface area (Å²) in [5.41, 5.74) is 3.74. The second-order valence-corrected chi connectivity index (χ2v) is 7.02. The molecule has 2 bridgehead atoms. The lowest BCUT2D eigenvalue weighted by atomic mass is 9.96. The van der Waals surface area contributed by atoms with Crippen molar-refractivity contribution in [2.24, 2.45) is 16.9 Å². The minimum atomic E-state index is 0.517. The highest BCUT2D eigenvalue weighted by molar-refractivity contribution is 7.80. The highest BCUT2D eigenvalue weighted by Crippen LogP contribution is 2.44. The van der Waals surface area contributed by atoms with Crippen LogP contribution in [0.1, 0.15) is 31.2 Å². The maximum absolute atomic E-state index is 5.95. The maximum Gasteiger partial charge on any atom is 0.187 e. The van der Waals surface area contributed by atoms with Crippen molar-refractivity contribution in [1.82, 2.24) is 10.7 Å². The van der Waals surface area contributed by atoms with Gasteiger partial charge in [-0.15, -0.1) is 0 Å². The Balaban J connectivity index is 1.49. The fourth-order valence-electron chi connectivity index (χ4n) is 3.38. The summed E-state index contributed by atoms with van der Waals surface area (Å²) in [5, 5.41) is 9.15. The zero-order valence-corrected chi connectivity index (χ0v) is 13.8. The summed E-state index contributed by atoms with van der Waals surface area (Å²) >= 11 is 17.1. The molecule has 0 amide bonds. The highest BCUT2D eigenvalue weighted by Gasteiger charge is 2.39. The molecule has 112 valence electrons. The molecule has 2 saturated carbocycles. The van der Waals surface area contributed by atoms with Crippen LogP contribution in [-0.2, 0) is 0 Å². The third-order valence-corrected chi connectivity index (χ3v) is 5.33. The number of fused-ring (bicyclic) bond motifs is 2. The largest absolute Gasteiger partial charge is 0.358 e. The Morgan fingerprint density at radius 1 is 1.24 bits per heavy atom. The van der Waals surface area contributed by atoms with Gasteiger partial charge in [-0.3, -0.25) is 5.43 Å². The van der Waals surface area contributed by atoms with E-state index >= 15 is 0 Å². The molecule has 0 unspecified atom stereocenters. The quantitative estimate of drug-likeness (QED) is 0.496. The van der Waals surface area contributed by atoms with Gasteiger partial charge in [-0.25, -0.2) is 0 Å². The Kier molecular flexibility index (Phi) is 4.67. The van der Waals surface area contributed by atoms with Crippen LogP contribution in [0.15, 0.2) is 23.3 Å². The van der Waals surface area contributed by atoms with Crippen LogP contribution in [0.2, 0.25) is 10.0 Å². The molecular weight excluding hydrogens is 325 g/mol. The van der Waals surface area contributed by atoms with E-state index < -0.39 is 0 Å². The summed E-state index contributed by atoms with van der Waals surface area (Å²) in [7, 11) is 0. The van der Waals surface area contributed by atoms with E-state index in [-0.39, 0.29) is 0 Å². The molecule has 2 aliphatic rings. The number of rotatable bonds is 3. The highest BCUT2D eigenvalue weighted by atomic mass is 35.5. The predicted octanol–water partition coefficient (Wildman–Crippen LogP) is 3.98. The van der Waals surface area contributed by atoms with E-state index in [1.165, 1.54) is 25.7 Å². The molecule has 3 atom stereocenters. The smallest absolute Gasteiger partial charge is 0.187 e. The number of thiocarbonyl (C=S) groups is 1. The fourth-order valence-corrected chi connectivity index (χ4v) is 3.89. The number of benzene rings is 1. The van der Waals surface area contributed by atoms with E-state index in [2.05, 4.69) is 15.8 Å². The molecule has 0 radical (unpaired) electrons. The van der Waals surface area contributed by atoms with E-state index in [1.54, 1.807) is 18.3 Å². The molecule has 3 nitrogen and oxygen atoms in total. The molecule has 0 heterocycles. The van der Waals surface area contributed by atoms with Crippen molar-refractivity contribution in [3.05, 3.63) is 33.8 Å². The summed E-state index contributed by atoms with van der Waals surface area (Å²) in [6.07, 6.45) is 6.99. The third-order valence-electron chi connectivity index (χ3n) is 4.38. The van der Waals surface area contributed by atoms with Gasteiger partial charge in [0.2, 0.25) is 0 Å². The molecule has 0 aliphatic heterocycles. The van der Waals surface area contributed by atoms with E-state index in [0.717, 1.165) is 17.4 Å². The van der Waals surface area contributed by atoms with Crippen molar-refractivity contribution in [1.29, 1.82) is 0 Å². The van der Waals surface area contributed by atoms with Crippen molar-refractivity contribution in [2.45, 2.75) is 31.7 Å². The molecule has 0 aromatic heterocycles. The molecule has 6 heteroatoms. The number of nitrogens with zero attached hydrogens (tertiary/aromatic N) is 1. The topological polar surface area (TPSA) is 36.4 Å². The third kappa shape index (κ3) is 3.68. The van der Waals surface area contributed by atoms with Crippen LogP contribution < -0.4 is 10.7 Å². The monoisotopic (exact) mass is 341 g/mol. The number of halogens is 2. The number of hydrogen-bond donors (Lipinski definition) is 2. The molecule has 0 spiro atoms. The maximum atomic E-state index is 5.95. The van der Waals surface area contributed by atoms with Crippen molar-refractivity contribution in [3.63, 3.8) is 0 Å². The minimum Gasteiger partial charge on any atom is -0.358 e. The first-order chi connectivity index (χ1) is 10.1. The van der Waals surface area contributed by atoms with Gasteiger partial charge in [0, 0.05) is 6.04 Å². The Morgan fingerprint density at radius 2 is 2.10 bits per heavy atom. The van der Waals surface area contributed by atoms with Crippen molar-refractivity contribution < 1.29 is 0 Å². The van der Waals surface area contributed by atoms with Gasteiger partial charge in [0.1, 0.15) is 0 Å². The fraction of sp³-hybridized carbons (Fsp3) is 0.467. The van der Waals surface area contributed by atoms with Crippen molar-refractivity contribution in [2.75, 3.05) is 0 Å². The Bertz CT molecular complexity index is 576. The molecule has 2 N–H and O–H groups in total. The van der Waals surface area contributed by atoms with Crippen LogP contribution in [-0.4, -0.2) is 17.4 Å². The summed E-state index contributed by atoms with van der Waals surface area (Å²) in [6.45, 7) is 0. The van der Waals surface area contributed by atoms with Gasteiger partial charge < -0.3 is 5.32 Å². The molecular formula is C15H17Cl2N3S. The number of hydrazone groups is 1. The van der Waals surface area contributed by atoms with E-state index in [4.69, 9.17) is 35.4 Å². The first kappa shape index (κ1) is 15.1. The molecule has 21 heavy (non-hydrogen) atoms.